The Morgan fingerprint density at radius 2 is 2.00 bits per heavy atom. The van der Waals surface area contributed by atoms with Crippen LogP contribution in [0.4, 0.5) is 0 Å². The quantitative estimate of drug-likeness (QED) is 0.265. The zero-order valence-corrected chi connectivity index (χ0v) is 19.4. The van der Waals surface area contributed by atoms with E-state index in [1.165, 1.54) is 12.3 Å². The summed E-state index contributed by atoms with van der Waals surface area (Å²) in [6, 6.07) is 7.80. The lowest BCUT2D eigenvalue weighted by Gasteiger charge is -2.29. The van der Waals surface area contributed by atoms with Crippen molar-refractivity contribution < 1.29 is 24.2 Å². The summed E-state index contributed by atoms with van der Waals surface area (Å²) < 4.78 is 4.82. The van der Waals surface area contributed by atoms with Gasteiger partial charge in [-0.2, -0.15) is 0 Å². The van der Waals surface area contributed by atoms with Gasteiger partial charge < -0.3 is 20.1 Å². The van der Waals surface area contributed by atoms with Crippen molar-refractivity contribution in [1.82, 2.24) is 10.2 Å². The molecule has 2 aliphatic rings. The number of nitrogens with zero attached hydrogens (tertiary/aromatic N) is 2. The van der Waals surface area contributed by atoms with E-state index in [1.54, 1.807) is 36.1 Å². The molecule has 8 nitrogen and oxygen atoms in total. The molecule has 0 bridgehead atoms. The molecule has 1 unspecified atom stereocenters. The highest BCUT2D eigenvalue weighted by Crippen LogP contribution is 2.38. The average Bonchev–Trinajstić information content (AvgIpc) is 3.15. The van der Waals surface area contributed by atoms with Crippen molar-refractivity contribution in [2.24, 2.45) is 4.99 Å². The molecule has 178 valence electrons. The highest BCUT2D eigenvalue weighted by molar-refractivity contribution is 6.05. The van der Waals surface area contributed by atoms with E-state index in [4.69, 9.17) is 4.74 Å². The van der Waals surface area contributed by atoms with Gasteiger partial charge in [0.2, 0.25) is 5.91 Å². The first-order chi connectivity index (χ1) is 16.3. The maximum atomic E-state index is 12.6. The SMILES string of the molecule is C=CNC(=NC(C(=O)O)c1ccccc1)C1=C(C)CC2=C1CCN(C(=O)C=CC(=O)OCC)C2. The number of carboxylic acid groups (broad SMARTS) is 1. The number of hydrogen-bond acceptors (Lipinski definition) is 5. The van der Waals surface area contributed by atoms with Gasteiger partial charge in [0.25, 0.3) is 0 Å². The van der Waals surface area contributed by atoms with Crippen LogP contribution >= 0.6 is 0 Å². The predicted molar refractivity (Wildman–Crippen MR) is 129 cm³/mol. The Kier molecular flexibility index (Phi) is 8.19. The second-order valence-corrected chi connectivity index (χ2v) is 7.99. The molecule has 3 rings (SSSR count). The number of aliphatic imine (C=N–C) groups is 1. The van der Waals surface area contributed by atoms with Crippen LogP contribution in [-0.2, 0) is 19.1 Å². The zero-order chi connectivity index (χ0) is 24.7. The van der Waals surface area contributed by atoms with Crippen molar-refractivity contribution in [3.8, 4) is 0 Å². The zero-order valence-electron chi connectivity index (χ0n) is 19.4. The number of carboxylic acids is 1. The van der Waals surface area contributed by atoms with Crippen LogP contribution in [0.1, 0.15) is 38.3 Å². The summed E-state index contributed by atoms with van der Waals surface area (Å²) >= 11 is 0. The number of nitrogens with one attached hydrogen (secondary N) is 1. The maximum absolute atomic E-state index is 12.6. The first-order valence-electron chi connectivity index (χ1n) is 11.1. The lowest BCUT2D eigenvalue weighted by Crippen LogP contribution is -2.36. The number of carbonyl (C=O) groups is 3. The minimum Gasteiger partial charge on any atom is -0.479 e. The van der Waals surface area contributed by atoms with Gasteiger partial charge in [-0.15, -0.1) is 0 Å². The minimum absolute atomic E-state index is 0.251. The lowest BCUT2D eigenvalue weighted by atomic mass is 9.96. The number of rotatable bonds is 8. The summed E-state index contributed by atoms with van der Waals surface area (Å²) in [4.78, 5) is 42.3. The molecule has 0 aromatic heterocycles. The fraction of sp³-hybridized carbons (Fsp3) is 0.308. The molecule has 0 fully saturated rings. The largest absolute Gasteiger partial charge is 0.479 e. The lowest BCUT2D eigenvalue weighted by molar-refractivity contribution is -0.139. The standard InChI is InChI=1S/C26H29N3O5/c1-4-27-25(28-24(26(32)33)18-9-7-6-8-10-18)23-17(3)15-19-16-29(14-13-20(19)23)21(30)11-12-22(31)34-5-2/h4,6-12,24H,1,5,13-16H2,2-3H3,(H,27,28)(H,32,33). The van der Waals surface area contributed by atoms with Crippen molar-refractivity contribution in [3.05, 3.63) is 83.1 Å². The van der Waals surface area contributed by atoms with Crippen LogP contribution in [0.25, 0.3) is 0 Å². The Morgan fingerprint density at radius 1 is 1.26 bits per heavy atom. The van der Waals surface area contributed by atoms with E-state index in [-0.39, 0.29) is 12.5 Å². The van der Waals surface area contributed by atoms with Crippen LogP contribution in [0.3, 0.4) is 0 Å². The van der Waals surface area contributed by atoms with Crippen molar-refractivity contribution in [3.63, 3.8) is 0 Å². The molecule has 1 aliphatic heterocycles. The van der Waals surface area contributed by atoms with Crippen LogP contribution in [0.15, 0.2) is 82.5 Å². The molecule has 0 saturated carbocycles. The number of aliphatic carboxylic acids is 1. The van der Waals surface area contributed by atoms with Gasteiger partial charge in [-0.1, -0.05) is 42.5 Å². The number of amides is 1. The summed E-state index contributed by atoms with van der Waals surface area (Å²) in [6.07, 6.45) is 5.14. The van der Waals surface area contributed by atoms with Gasteiger partial charge in [-0.3, -0.25) is 4.79 Å². The fourth-order valence-corrected chi connectivity index (χ4v) is 4.23. The number of benzene rings is 1. The van der Waals surface area contributed by atoms with Crippen LogP contribution in [-0.4, -0.2) is 53.4 Å². The Morgan fingerprint density at radius 3 is 2.65 bits per heavy atom. The monoisotopic (exact) mass is 463 g/mol. The molecule has 1 heterocycles. The summed E-state index contributed by atoms with van der Waals surface area (Å²) in [5.41, 5.74) is 4.67. The van der Waals surface area contributed by atoms with E-state index in [1.807, 2.05) is 13.0 Å². The van der Waals surface area contributed by atoms with Gasteiger partial charge in [-0.05, 0) is 49.6 Å². The smallest absolute Gasteiger partial charge is 0.333 e. The first-order valence-corrected chi connectivity index (χ1v) is 11.1. The van der Waals surface area contributed by atoms with Gasteiger partial charge in [-0.25, -0.2) is 14.6 Å². The summed E-state index contributed by atoms with van der Waals surface area (Å²) in [7, 11) is 0. The van der Waals surface area contributed by atoms with E-state index in [9.17, 15) is 19.5 Å². The fourth-order valence-electron chi connectivity index (χ4n) is 4.23. The highest BCUT2D eigenvalue weighted by Gasteiger charge is 2.32. The van der Waals surface area contributed by atoms with Crippen molar-refractivity contribution in [2.45, 2.75) is 32.7 Å². The molecule has 0 saturated heterocycles. The summed E-state index contributed by atoms with van der Waals surface area (Å²) in [5, 5.41) is 12.9. The maximum Gasteiger partial charge on any atom is 0.333 e. The predicted octanol–water partition coefficient (Wildman–Crippen LogP) is 3.31. The van der Waals surface area contributed by atoms with E-state index in [0.717, 1.165) is 28.4 Å². The number of esters is 1. The molecule has 1 atom stereocenters. The molecular weight excluding hydrogens is 434 g/mol. The van der Waals surface area contributed by atoms with Gasteiger partial charge in [0, 0.05) is 30.8 Å². The number of hydrogen-bond donors (Lipinski definition) is 2. The normalized spacial score (nSPS) is 17.0. The molecule has 8 heteroatoms. The summed E-state index contributed by atoms with van der Waals surface area (Å²) in [6.45, 7) is 8.58. The van der Waals surface area contributed by atoms with Gasteiger partial charge >= 0.3 is 11.9 Å². The second-order valence-electron chi connectivity index (χ2n) is 7.99. The Labute approximate surface area is 199 Å². The number of ether oxygens (including phenoxy) is 1. The van der Waals surface area contributed by atoms with Crippen molar-refractivity contribution in [2.75, 3.05) is 19.7 Å². The molecule has 2 N–H and O–H groups in total. The second kappa shape index (κ2) is 11.3. The third kappa shape index (κ3) is 5.70. The number of carbonyl (C=O) groups excluding carboxylic acids is 2. The number of allylic oxidation sites excluding steroid dienone is 1. The summed E-state index contributed by atoms with van der Waals surface area (Å²) in [5.74, 6) is -1.39. The van der Waals surface area contributed by atoms with E-state index in [2.05, 4.69) is 16.9 Å². The van der Waals surface area contributed by atoms with Crippen molar-refractivity contribution in [1.29, 1.82) is 0 Å². The van der Waals surface area contributed by atoms with E-state index >= 15 is 0 Å². The topological polar surface area (TPSA) is 108 Å². The van der Waals surface area contributed by atoms with Gasteiger partial charge in [0.15, 0.2) is 6.04 Å². The number of amidine groups is 1. The molecule has 0 spiro atoms. The van der Waals surface area contributed by atoms with Crippen LogP contribution in [0.5, 0.6) is 0 Å². The van der Waals surface area contributed by atoms with Crippen molar-refractivity contribution >= 4 is 23.7 Å². The first kappa shape index (κ1) is 24.7. The van der Waals surface area contributed by atoms with E-state index < -0.39 is 18.0 Å². The molecule has 0 radical (unpaired) electrons. The Balaban J connectivity index is 1.86. The Bertz CT molecular complexity index is 1100. The molecule has 1 amide bonds. The average molecular weight is 464 g/mol. The van der Waals surface area contributed by atoms with Gasteiger partial charge in [0.1, 0.15) is 5.84 Å². The third-order valence-corrected chi connectivity index (χ3v) is 5.69. The van der Waals surface area contributed by atoms with E-state index in [0.29, 0.717) is 37.3 Å². The van der Waals surface area contributed by atoms with Crippen LogP contribution in [0.2, 0.25) is 0 Å². The molecule has 1 aliphatic carbocycles. The minimum atomic E-state index is -1.07. The molecular formula is C26H29N3O5. The van der Waals surface area contributed by atoms with Crippen LogP contribution in [0, 0.1) is 0 Å². The third-order valence-electron chi connectivity index (χ3n) is 5.69. The molecule has 34 heavy (non-hydrogen) atoms. The highest BCUT2D eigenvalue weighted by atomic mass is 16.5. The molecule has 1 aromatic rings. The van der Waals surface area contributed by atoms with Gasteiger partial charge in [0.05, 0.1) is 6.61 Å². The Hall–Kier alpha value is -3.94. The molecule has 1 aromatic carbocycles. The van der Waals surface area contributed by atoms with Crippen LogP contribution < -0.4 is 5.32 Å².